The second kappa shape index (κ2) is 7.34. The van der Waals surface area contributed by atoms with Crippen LogP contribution in [-0.2, 0) is 6.67 Å². The Bertz CT molecular complexity index is 859. The number of hydrogen-bond acceptors (Lipinski definition) is 4. The van der Waals surface area contributed by atoms with Gasteiger partial charge in [0.2, 0.25) is 0 Å². The van der Waals surface area contributed by atoms with Crippen molar-refractivity contribution in [3.05, 3.63) is 57.6 Å². The summed E-state index contributed by atoms with van der Waals surface area (Å²) in [5, 5.41) is 9.32. The van der Waals surface area contributed by atoms with Crippen LogP contribution in [0.25, 0.3) is 0 Å². The first-order valence-electron chi connectivity index (χ1n) is 8.33. The minimum Gasteiger partial charge on any atom is -0.369 e. The maximum atomic E-state index is 13.1. The molecule has 1 aliphatic heterocycles. The number of anilines is 1. The van der Waals surface area contributed by atoms with Crippen LogP contribution in [0.4, 0.5) is 10.1 Å². The van der Waals surface area contributed by atoms with E-state index in [1.54, 1.807) is 0 Å². The Hall–Kier alpha value is -2.23. The van der Waals surface area contributed by atoms with E-state index in [1.807, 2.05) is 36.6 Å². The van der Waals surface area contributed by atoms with Crippen LogP contribution >= 0.6 is 12.2 Å². The molecule has 130 valence electrons. The summed E-state index contributed by atoms with van der Waals surface area (Å²) in [6.45, 7) is 8.20. The Morgan fingerprint density at radius 2 is 1.76 bits per heavy atom. The molecule has 2 heterocycles. The number of pyridine rings is 1. The molecule has 0 radical (unpaired) electrons. The number of nitriles is 1. The molecule has 1 aromatic carbocycles. The van der Waals surface area contributed by atoms with E-state index in [0.717, 1.165) is 43.1 Å². The predicted octanol–water partition coefficient (Wildman–Crippen LogP) is 3.62. The lowest BCUT2D eigenvalue weighted by Gasteiger charge is -2.36. The first kappa shape index (κ1) is 17.6. The van der Waals surface area contributed by atoms with Crippen LogP contribution < -0.4 is 4.90 Å². The fourth-order valence-corrected chi connectivity index (χ4v) is 3.65. The average Bonchev–Trinajstić information content (AvgIpc) is 2.60. The van der Waals surface area contributed by atoms with Crippen molar-refractivity contribution >= 4 is 17.9 Å². The van der Waals surface area contributed by atoms with Crippen molar-refractivity contribution in [2.75, 3.05) is 31.1 Å². The van der Waals surface area contributed by atoms with Gasteiger partial charge in [-0.1, -0.05) is 12.2 Å². The maximum absolute atomic E-state index is 13.1. The fraction of sp³-hybridized carbons (Fsp3) is 0.368. The number of aryl methyl sites for hydroxylation is 2. The smallest absolute Gasteiger partial charge is 0.125 e. The highest BCUT2D eigenvalue weighted by atomic mass is 32.1. The monoisotopic (exact) mass is 356 g/mol. The lowest BCUT2D eigenvalue weighted by Crippen LogP contribution is -2.47. The second-order valence-electron chi connectivity index (χ2n) is 6.41. The molecule has 0 unspecified atom stereocenters. The normalized spacial score (nSPS) is 15.2. The van der Waals surface area contributed by atoms with Gasteiger partial charge in [-0.2, -0.15) is 5.26 Å². The number of nitrogens with zero attached hydrogens (tertiary/aromatic N) is 4. The van der Waals surface area contributed by atoms with Gasteiger partial charge < -0.3 is 9.47 Å². The van der Waals surface area contributed by atoms with Gasteiger partial charge in [0.25, 0.3) is 0 Å². The van der Waals surface area contributed by atoms with Gasteiger partial charge in [-0.25, -0.2) is 4.39 Å². The van der Waals surface area contributed by atoms with Gasteiger partial charge in [-0.05, 0) is 49.7 Å². The molecule has 25 heavy (non-hydrogen) atoms. The standard InChI is InChI=1S/C19H21FN4S/c1-14-11-15(2)24(19(25)18(14)12-21)13-22-7-9-23(10-8-22)17-5-3-16(20)4-6-17/h3-6,11H,7-10,13H2,1-2H3. The minimum atomic E-state index is -0.208. The molecule has 1 saturated heterocycles. The van der Waals surface area contributed by atoms with Crippen LogP contribution in [0.2, 0.25) is 0 Å². The van der Waals surface area contributed by atoms with Crippen molar-refractivity contribution in [1.29, 1.82) is 5.26 Å². The van der Waals surface area contributed by atoms with Crippen LogP contribution in [0.1, 0.15) is 16.8 Å². The Kier molecular flexibility index (Phi) is 5.16. The van der Waals surface area contributed by atoms with Crippen molar-refractivity contribution in [3.63, 3.8) is 0 Å². The summed E-state index contributed by atoms with van der Waals surface area (Å²) >= 11 is 5.51. The molecule has 6 heteroatoms. The topological polar surface area (TPSA) is 35.2 Å². The largest absolute Gasteiger partial charge is 0.369 e. The molecule has 2 aromatic rings. The summed E-state index contributed by atoms with van der Waals surface area (Å²) in [7, 11) is 0. The number of halogens is 1. The summed E-state index contributed by atoms with van der Waals surface area (Å²) in [4.78, 5) is 4.59. The molecule has 0 atom stereocenters. The van der Waals surface area contributed by atoms with E-state index in [0.29, 0.717) is 16.9 Å². The summed E-state index contributed by atoms with van der Waals surface area (Å²) in [6, 6.07) is 10.9. The van der Waals surface area contributed by atoms with E-state index < -0.39 is 0 Å². The van der Waals surface area contributed by atoms with Crippen molar-refractivity contribution in [2.45, 2.75) is 20.5 Å². The first-order chi connectivity index (χ1) is 12.0. The number of rotatable bonds is 3. The summed E-state index contributed by atoms with van der Waals surface area (Å²) < 4.78 is 15.7. The van der Waals surface area contributed by atoms with Gasteiger partial charge in [-0.3, -0.25) is 4.90 Å². The van der Waals surface area contributed by atoms with E-state index in [2.05, 4.69) is 15.9 Å². The minimum absolute atomic E-state index is 0.208. The number of piperazine rings is 1. The summed E-state index contributed by atoms with van der Waals surface area (Å²) in [6.07, 6.45) is 0. The molecule has 0 aliphatic carbocycles. The van der Waals surface area contributed by atoms with Crippen molar-refractivity contribution < 1.29 is 4.39 Å². The third kappa shape index (κ3) is 3.73. The SMILES string of the molecule is Cc1cc(C)n(CN2CCN(c3ccc(F)cc3)CC2)c(=S)c1C#N. The maximum Gasteiger partial charge on any atom is 0.125 e. The number of aromatic nitrogens is 1. The van der Waals surface area contributed by atoms with Crippen LogP contribution in [-0.4, -0.2) is 35.6 Å². The third-order valence-electron chi connectivity index (χ3n) is 4.72. The Balaban J connectivity index is 1.70. The molecule has 1 aliphatic rings. The zero-order valence-electron chi connectivity index (χ0n) is 14.5. The molecular formula is C19H21FN4S. The fourth-order valence-electron chi connectivity index (χ4n) is 3.24. The zero-order valence-corrected chi connectivity index (χ0v) is 15.3. The van der Waals surface area contributed by atoms with Crippen molar-refractivity contribution in [3.8, 4) is 6.07 Å². The summed E-state index contributed by atoms with van der Waals surface area (Å²) in [5.74, 6) is -0.208. The number of hydrogen-bond donors (Lipinski definition) is 0. The molecule has 0 N–H and O–H groups in total. The molecule has 0 amide bonds. The van der Waals surface area contributed by atoms with Crippen LogP contribution in [0.3, 0.4) is 0 Å². The van der Waals surface area contributed by atoms with Gasteiger partial charge in [0, 0.05) is 37.6 Å². The van der Waals surface area contributed by atoms with E-state index in [4.69, 9.17) is 12.2 Å². The molecular weight excluding hydrogens is 335 g/mol. The quantitative estimate of drug-likeness (QED) is 0.787. The highest BCUT2D eigenvalue weighted by Crippen LogP contribution is 2.18. The molecule has 1 fully saturated rings. The lowest BCUT2D eigenvalue weighted by molar-refractivity contribution is 0.203. The Labute approximate surface area is 152 Å². The van der Waals surface area contributed by atoms with E-state index in [9.17, 15) is 9.65 Å². The summed E-state index contributed by atoms with van der Waals surface area (Å²) in [5.41, 5.74) is 3.64. The molecule has 0 spiro atoms. The number of benzene rings is 1. The average molecular weight is 356 g/mol. The second-order valence-corrected chi connectivity index (χ2v) is 6.80. The van der Waals surface area contributed by atoms with Gasteiger partial charge in [0.1, 0.15) is 16.5 Å². The van der Waals surface area contributed by atoms with Gasteiger partial charge in [0.15, 0.2) is 0 Å². The molecule has 4 nitrogen and oxygen atoms in total. The van der Waals surface area contributed by atoms with E-state index >= 15 is 0 Å². The van der Waals surface area contributed by atoms with Crippen LogP contribution in [0.5, 0.6) is 0 Å². The molecule has 3 rings (SSSR count). The van der Waals surface area contributed by atoms with Gasteiger partial charge in [0.05, 0.1) is 12.2 Å². The first-order valence-corrected chi connectivity index (χ1v) is 8.74. The van der Waals surface area contributed by atoms with Crippen LogP contribution in [0.15, 0.2) is 30.3 Å². The lowest BCUT2D eigenvalue weighted by atomic mass is 10.1. The Morgan fingerprint density at radius 1 is 1.12 bits per heavy atom. The van der Waals surface area contributed by atoms with Crippen molar-refractivity contribution in [1.82, 2.24) is 9.47 Å². The third-order valence-corrected chi connectivity index (χ3v) is 5.15. The molecule has 0 bridgehead atoms. The highest BCUT2D eigenvalue weighted by molar-refractivity contribution is 7.71. The van der Waals surface area contributed by atoms with Crippen LogP contribution in [0, 0.1) is 35.6 Å². The van der Waals surface area contributed by atoms with E-state index in [1.165, 1.54) is 12.1 Å². The van der Waals surface area contributed by atoms with Gasteiger partial charge >= 0.3 is 0 Å². The zero-order chi connectivity index (χ0) is 18.0. The van der Waals surface area contributed by atoms with E-state index in [-0.39, 0.29) is 5.82 Å². The molecule has 1 aromatic heterocycles. The predicted molar refractivity (Wildman–Crippen MR) is 99.6 cm³/mol. The van der Waals surface area contributed by atoms with Crippen molar-refractivity contribution in [2.24, 2.45) is 0 Å². The highest BCUT2D eigenvalue weighted by Gasteiger charge is 2.18. The molecule has 0 saturated carbocycles. The van der Waals surface area contributed by atoms with Gasteiger partial charge in [-0.15, -0.1) is 0 Å². The Morgan fingerprint density at radius 3 is 2.36 bits per heavy atom.